The molecule has 2 N–H and O–H groups in total. The van der Waals surface area contributed by atoms with Crippen molar-refractivity contribution in [3.63, 3.8) is 0 Å². The predicted octanol–water partition coefficient (Wildman–Crippen LogP) is 3.77. The molecule has 0 rings (SSSR count). The summed E-state index contributed by atoms with van der Waals surface area (Å²) in [4.78, 5) is 9.81. The second-order valence-electron chi connectivity index (χ2n) is 3.75. The van der Waals surface area contributed by atoms with Crippen molar-refractivity contribution < 1.29 is 4.79 Å². The Balaban J connectivity index is 0. The number of Topliss-reactive ketones (excluding diaryl/α,β-unsaturated/α-hetero) is 1. The Morgan fingerprint density at radius 2 is 1.94 bits per heavy atom. The van der Waals surface area contributed by atoms with Gasteiger partial charge in [-0.05, 0) is 19.4 Å². The van der Waals surface area contributed by atoms with Gasteiger partial charge in [0.1, 0.15) is 5.78 Å². The van der Waals surface area contributed by atoms with Crippen molar-refractivity contribution in [3.05, 3.63) is 48.7 Å². The summed E-state index contributed by atoms with van der Waals surface area (Å²) >= 11 is 0. The number of hydrogen-bond donors (Lipinski definition) is 1. The zero-order chi connectivity index (χ0) is 13.8. The lowest BCUT2D eigenvalue weighted by Crippen LogP contribution is -2.08. The van der Waals surface area contributed by atoms with Crippen molar-refractivity contribution in [1.82, 2.24) is 0 Å². The first-order valence-corrected chi connectivity index (χ1v) is 5.79. The fourth-order valence-corrected chi connectivity index (χ4v) is 0.887. The van der Waals surface area contributed by atoms with Crippen molar-refractivity contribution in [2.24, 2.45) is 11.7 Å². The van der Waals surface area contributed by atoms with Gasteiger partial charge >= 0.3 is 0 Å². The second-order valence-corrected chi connectivity index (χ2v) is 3.75. The lowest BCUT2D eigenvalue weighted by Gasteiger charge is -2.11. The van der Waals surface area contributed by atoms with Crippen molar-refractivity contribution in [2.75, 3.05) is 0 Å². The smallest absolute Gasteiger partial charge is 0.129 e. The summed E-state index contributed by atoms with van der Waals surface area (Å²) in [5.74, 6) is 0.448. The average molecular weight is 235 g/mol. The van der Waals surface area contributed by atoms with Crippen LogP contribution in [0.5, 0.6) is 0 Å². The van der Waals surface area contributed by atoms with Crippen LogP contribution >= 0.6 is 0 Å². The largest absolute Gasteiger partial charge is 0.402 e. The molecule has 0 saturated carbocycles. The molecule has 96 valence electrons. The molecule has 0 radical (unpaired) electrons. The zero-order valence-corrected chi connectivity index (χ0v) is 11.5. The maximum absolute atomic E-state index is 9.81. The van der Waals surface area contributed by atoms with Crippen LogP contribution < -0.4 is 5.73 Å². The third kappa shape index (κ3) is 10.7. The molecule has 0 aliphatic rings. The van der Waals surface area contributed by atoms with Crippen LogP contribution in [0.3, 0.4) is 0 Å². The van der Waals surface area contributed by atoms with E-state index in [9.17, 15) is 4.79 Å². The fraction of sp³-hybridized carbons (Fsp3) is 0.400. The molecule has 2 heteroatoms. The molecule has 2 nitrogen and oxygen atoms in total. The van der Waals surface area contributed by atoms with Crippen LogP contribution in [0, 0.1) is 5.92 Å². The van der Waals surface area contributed by atoms with E-state index in [0.29, 0.717) is 12.1 Å². The molecular weight excluding hydrogens is 210 g/mol. The Labute approximate surface area is 106 Å². The zero-order valence-electron chi connectivity index (χ0n) is 11.5. The summed E-state index contributed by atoms with van der Waals surface area (Å²) in [6.45, 7) is 14.8. The molecule has 0 aromatic carbocycles. The molecule has 0 amide bonds. The third-order valence-electron chi connectivity index (χ3n) is 2.22. The highest BCUT2D eigenvalue weighted by Gasteiger charge is 2.05. The molecule has 0 aromatic rings. The van der Waals surface area contributed by atoms with E-state index in [1.165, 1.54) is 0 Å². The fourth-order valence-electron chi connectivity index (χ4n) is 0.887. The Morgan fingerprint density at radius 3 is 2.18 bits per heavy atom. The van der Waals surface area contributed by atoms with Gasteiger partial charge in [0.25, 0.3) is 0 Å². The highest BCUT2D eigenvalue weighted by molar-refractivity contribution is 5.74. The van der Waals surface area contributed by atoms with Gasteiger partial charge in [0.2, 0.25) is 0 Å². The van der Waals surface area contributed by atoms with E-state index in [1.54, 1.807) is 13.0 Å². The van der Waals surface area contributed by atoms with Gasteiger partial charge in [-0.25, -0.2) is 0 Å². The van der Waals surface area contributed by atoms with Gasteiger partial charge in [0.05, 0.1) is 0 Å². The molecular formula is C15H25NO. The minimum absolute atomic E-state index is 0.194. The molecule has 0 fully saturated rings. The van der Waals surface area contributed by atoms with Gasteiger partial charge in [-0.1, -0.05) is 51.3 Å². The average Bonchev–Trinajstić information content (AvgIpc) is 2.28. The van der Waals surface area contributed by atoms with Crippen molar-refractivity contribution in [2.45, 2.75) is 34.1 Å². The molecule has 17 heavy (non-hydrogen) atoms. The van der Waals surface area contributed by atoms with Crippen molar-refractivity contribution in [3.8, 4) is 0 Å². The Bertz CT molecular complexity index is 311. The number of carbonyl (C=O) groups is 1. The van der Waals surface area contributed by atoms with E-state index in [-0.39, 0.29) is 11.7 Å². The number of hydrogen-bond acceptors (Lipinski definition) is 2. The number of rotatable bonds is 5. The van der Waals surface area contributed by atoms with Gasteiger partial charge in [-0.15, -0.1) is 0 Å². The SMILES string of the molecule is C=C/C=C(\C=C/C)[C@H](C)C(=C)N.CCC(C)=O. The Kier molecular flexibility index (Phi) is 11.5. The number of nitrogens with two attached hydrogens (primary N) is 1. The van der Waals surface area contributed by atoms with Crippen LogP contribution in [0.2, 0.25) is 0 Å². The van der Waals surface area contributed by atoms with E-state index in [2.05, 4.69) is 13.2 Å². The lowest BCUT2D eigenvalue weighted by molar-refractivity contribution is -0.116. The monoisotopic (exact) mass is 235 g/mol. The first-order valence-electron chi connectivity index (χ1n) is 5.79. The van der Waals surface area contributed by atoms with E-state index in [0.717, 1.165) is 5.57 Å². The lowest BCUT2D eigenvalue weighted by atomic mass is 9.98. The summed E-state index contributed by atoms with van der Waals surface area (Å²) < 4.78 is 0. The standard InChI is InChI=1S/C11H17N.C4H8O/c1-5-7-11(8-6-2)9(3)10(4)12;1-3-4(2)5/h5-9H,1,4,12H2,2-3H3;3H2,1-2H3/b8-6-,11-7+;/t9-;/m1./s1. The third-order valence-corrected chi connectivity index (χ3v) is 2.22. The van der Waals surface area contributed by atoms with Gasteiger partial charge in [-0.3, -0.25) is 0 Å². The minimum Gasteiger partial charge on any atom is -0.402 e. The second kappa shape index (κ2) is 10.9. The Morgan fingerprint density at radius 1 is 1.47 bits per heavy atom. The van der Waals surface area contributed by atoms with Crippen LogP contribution in [-0.4, -0.2) is 5.78 Å². The van der Waals surface area contributed by atoms with Crippen LogP contribution in [0.15, 0.2) is 48.7 Å². The molecule has 0 aliphatic heterocycles. The van der Waals surface area contributed by atoms with E-state index in [1.807, 2.05) is 39.0 Å². The summed E-state index contributed by atoms with van der Waals surface area (Å²) in [7, 11) is 0. The minimum atomic E-state index is 0.194. The van der Waals surface area contributed by atoms with Gasteiger partial charge in [0, 0.05) is 18.0 Å². The van der Waals surface area contributed by atoms with E-state index >= 15 is 0 Å². The molecule has 0 aromatic heterocycles. The van der Waals surface area contributed by atoms with Gasteiger partial charge in [0.15, 0.2) is 0 Å². The normalized spacial score (nSPS) is 12.6. The molecule has 0 spiro atoms. The predicted molar refractivity (Wildman–Crippen MR) is 76.6 cm³/mol. The molecule has 0 saturated heterocycles. The van der Waals surface area contributed by atoms with Gasteiger partial charge < -0.3 is 10.5 Å². The quantitative estimate of drug-likeness (QED) is 0.737. The number of ketones is 1. The van der Waals surface area contributed by atoms with E-state index < -0.39 is 0 Å². The molecule has 0 aliphatic carbocycles. The first kappa shape index (κ1) is 17.8. The highest BCUT2D eigenvalue weighted by atomic mass is 16.1. The maximum Gasteiger partial charge on any atom is 0.129 e. The molecule has 1 atom stereocenters. The van der Waals surface area contributed by atoms with Gasteiger partial charge in [-0.2, -0.15) is 0 Å². The first-order chi connectivity index (χ1) is 7.90. The van der Waals surface area contributed by atoms with Crippen LogP contribution in [0.4, 0.5) is 0 Å². The summed E-state index contributed by atoms with van der Waals surface area (Å²) in [5.41, 5.74) is 7.41. The Hall–Kier alpha value is -1.57. The topological polar surface area (TPSA) is 43.1 Å². The number of allylic oxidation sites excluding steroid dienone is 5. The van der Waals surface area contributed by atoms with Crippen LogP contribution in [0.1, 0.15) is 34.1 Å². The van der Waals surface area contributed by atoms with Crippen LogP contribution in [0.25, 0.3) is 0 Å². The summed E-state index contributed by atoms with van der Waals surface area (Å²) in [6, 6.07) is 0. The molecule has 0 unspecified atom stereocenters. The highest BCUT2D eigenvalue weighted by Crippen LogP contribution is 2.16. The summed E-state index contributed by atoms with van der Waals surface area (Å²) in [5, 5.41) is 0. The van der Waals surface area contributed by atoms with Crippen LogP contribution in [-0.2, 0) is 4.79 Å². The summed E-state index contributed by atoms with van der Waals surface area (Å²) in [6.07, 6.45) is 8.37. The van der Waals surface area contributed by atoms with Crippen molar-refractivity contribution in [1.29, 1.82) is 0 Å². The van der Waals surface area contributed by atoms with E-state index in [4.69, 9.17) is 5.73 Å². The number of carbonyl (C=O) groups excluding carboxylic acids is 1. The maximum atomic E-state index is 9.81. The van der Waals surface area contributed by atoms with Crippen molar-refractivity contribution >= 4 is 5.78 Å². The molecule has 0 heterocycles. The molecule has 0 bridgehead atoms.